The molecule has 1 fully saturated rings. The minimum atomic E-state index is -0.511. The van der Waals surface area contributed by atoms with Crippen molar-refractivity contribution in [2.24, 2.45) is 0 Å². The van der Waals surface area contributed by atoms with Gasteiger partial charge in [-0.05, 0) is 68.4 Å². The molecule has 0 bridgehead atoms. The van der Waals surface area contributed by atoms with Crippen LogP contribution in [0, 0.1) is 6.92 Å². The normalized spacial score (nSPS) is 15.2. The van der Waals surface area contributed by atoms with Gasteiger partial charge in [0.25, 0.3) is 11.1 Å². The maximum atomic E-state index is 12.6. The average Bonchev–Trinajstić information content (AvgIpc) is 2.93. The number of thioether (sulfide) groups is 1. The van der Waals surface area contributed by atoms with Gasteiger partial charge in [0.05, 0.1) is 16.0 Å². The number of halogens is 1. The van der Waals surface area contributed by atoms with Crippen molar-refractivity contribution < 1.29 is 19.1 Å². The molecule has 0 saturated carbocycles. The molecule has 0 unspecified atom stereocenters. The Kier molecular flexibility index (Phi) is 6.84. The molecule has 0 radical (unpaired) electrons. The van der Waals surface area contributed by atoms with E-state index >= 15 is 0 Å². The van der Waals surface area contributed by atoms with E-state index in [-0.39, 0.29) is 17.6 Å². The van der Waals surface area contributed by atoms with E-state index in [0.29, 0.717) is 22.0 Å². The van der Waals surface area contributed by atoms with E-state index in [2.05, 4.69) is 5.32 Å². The number of imide groups is 1. The lowest BCUT2D eigenvalue weighted by Gasteiger charge is -2.12. The molecule has 0 spiro atoms. The molecular formula is C22H21ClN2O4S. The molecule has 0 aromatic heterocycles. The number of aryl methyl sites for hydroxylation is 1. The number of nitrogens with one attached hydrogen (secondary N) is 1. The fraction of sp³-hybridized carbons (Fsp3) is 0.227. The van der Waals surface area contributed by atoms with E-state index in [1.54, 1.807) is 36.4 Å². The Hall–Kier alpha value is -2.77. The number of rotatable bonds is 6. The van der Waals surface area contributed by atoms with Gasteiger partial charge in [-0.25, -0.2) is 0 Å². The molecule has 1 N–H and O–H groups in total. The van der Waals surface area contributed by atoms with Gasteiger partial charge >= 0.3 is 0 Å². The largest absolute Gasteiger partial charge is 0.489 e. The molecule has 3 amide bonds. The van der Waals surface area contributed by atoms with Crippen molar-refractivity contribution in [3.05, 3.63) is 63.5 Å². The zero-order valence-corrected chi connectivity index (χ0v) is 18.3. The van der Waals surface area contributed by atoms with Crippen molar-refractivity contribution in [1.82, 2.24) is 4.90 Å². The number of carbonyl (C=O) groups excluding carboxylic acids is 3. The van der Waals surface area contributed by atoms with Crippen LogP contribution in [-0.4, -0.2) is 34.6 Å². The quantitative estimate of drug-likeness (QED) is 0.626. The van der Waals surface area contributed by atoms with Crippen molar-refractivity contribution >= 4 is 52.2 Å². The van der Waals surface area contributed by atoms with E-state index in [1.807, 2.05) is 32.9 Å². The first kappa shape index (κ1) is 21.9. The zero-order chi connectivity index (χ0) is 21.8. The highest BCUT2D eigenvalue weighted by molar-refractivity contribution is 8.18. The lowest BCUT2D eigenvalue weighted by atomic mass is 10.2. The van der Waals surface area contributed by atoms with Crippen LogP contribution in [0.3, 0.4) is 0 Å². The standard InChI is InChI=1S/C22H21ClN2O4S/c1-13(2)29-18-9-6-15(10-17(18)23)11-19-21(27)25(22(28)30-19)12-20(26)24-16-7-4-14(3)5-8-16/h4-11,13H,12H2,1-3H3,(H,24,26)/b19-11+. The summed E-state index contributed by atoms with van der Waals surface area (Å²) in [5.74, 6) is -0.409. The molecule has 6 nitrogen and oxygen atoms in total. The molecule has 1 heterocycles. The third-order valence-corrected chi connectivity index (χ3v) is 5.33. The molecule has 2 aromatic rings. The topological polar surface area (TPSA) is 75.7 Å². The number of hydrogen-bond donors (Lipinski definition) is 1. The Morgan fingerprint density at radius 2 is 1.90 bits per heavy atom. The Balaban J connectivity index is 1.68. The van der Waals surface area contributed by atoms with E-state index in [0.717, 1.165) is 22.2 Å². The number of benzene rings is 2. The van der Waals surface area contributed by atoms with Crippen molar-refractivity contribution in [1.29, 1.82) is 0 Å². The highest BCUT2D eigenvalue weighted by Crippen LogP contribution is 2.34. The Morgan fingerprint density at radius 3 is 2.53 bits per heavy atom. The lowest BCUT2D eigenvalue weighted by Crippen LogP contribution is -2.36. The maximum Gasteiger partial charge on any atom is 0.294 e. The third-order valence-electron chi connectivity index (χ3n) is 4.13. The monoisotopic (exact) mass is 444 g/mol. The maximum absolute atomic E-state index is 12.6. The van der Waals surface area contributed by atoms with Gasteiger partial charge in [0.2, 0.25) is 5.91 Å². The van der Waals surface area contributed by atoms with Gasteiger partial charge in [-0.15, -0.1) is 0 Å². The summed E-state index contributed by atoms with van der Waals surface area (Å²) in [5, 5.41) is 2.61. The molecule has 2 aromatic carbocycles. The first-order chi connectivity index (χ1) is 14.2. The molecular weight excluding hydrogens is 424 g/mol. The van der Waals surface area contributed by atoms with Crippen LogP contribution in [0.25, 0.3) is 6.08 Å². The minimum Gasteiger partial charge on any atom is -0.489 e. The second-order valence-corrected chi connectivity index (χ2v) is 8.44. The van der Waals surface area contributed by atoms with Gasteiger partial charge in [-0.3, -0.25) is 19.3 Å². The Bertz CT molecular complexity index is 1020. The molecule has 8 heteroatoms. The summed E-state index contributed by atoms with van der Waals surface area (Å²) in [6, 6.07) is 12.4. The lowest BCUT2D eigenvalue weighted by molar-refractivity contribution is -0.127. The van der Waals surface area contributed by atoms with Gasteiger partial charge in [0.15, 0.2) is 0 Å². The summed E-state index contributed by atoms with van der Waals surface area (Å²) in [5.41, 5.74) is 2.32. The zero-order valence-electron chi connectivity index (χ0n) is 16.8. The molecule has 1 saturated heterocycles. The fourth-order valence-electron chi connectivity index (χ4n) is 2.73. The molecule has 3 rings (SSSR count). The number of hydrogen-bond acceptors (Lipinski definition) is 5. The Morgan fingerprint density at radius 1 is 1.20 bits per heavy atom. The molecule has 1 aliphatic heterocycles. The van der Waals surface area contributed by atoms with Crippen LogP contribution in [0.5, 0.6) is 5.75 Å². The van der Waals surface area contributed by atoms with Crippen LogP contribution in [0.4, 0.5) is 10.5 Å². The Labute approximate surface area is 184 Å². The summed E-state index contributed by atoms with van der Waals surface area (Å²) >= 11 is 7.02. The van der Waals surface area contributed by atoms with Gasteiger partial charge in [-0.1, -0.05) is 35.4 Å². The second kappa shape index (κ2) is 9.36. The SMILES string of the molecule is Cc1ccc(NC(=O)CN2C(=O)S/C(=C/c3ccc(OC(C)C)c(Cl)c3)C2=O)cc1. The number of ether oxygens (including phenoxy) is 1. The van der Waals surface area contributed by atoms with Gasteiger partial charge in [0.1, 0.15) is 12.3 Å². The van der Waals surface area contributed by atoms with Crippen LogP contribution >= 0.6 is 23.4 Å². The summed E-state index contributed by atoms with van der Waals surface area (Å²) in [7, 11) is 0. The smallest absolute Gasteiger partial charge is 0.294 e. The minimum absolute atomic E-state index is 0.0177. The summed E-state index contributed by atoms with van der Waals surface area (Å²) < 4.78 is 5.59. The van der Waals surface area contributed by atoms with Gasteiger partial charge in [0, 0.05) is 5.69 Å². The second-order valence-electron chi connectivity index (χ2n) is 7.04. The first-order valence-electron chi connectivity index (χ1n) is 9.31. The van der Waals surface area contributed by atoms with Gasteiger partial charge < -0.3 is 10.1 Å². The first-order valence-corrected chi connectivity index (χ1v) is 10.5. The van der Waals surface area contributed by atoms with Crippen molar-refractivity contribution in [2.75, 3.05) is 11.9 Å². The van der Waals surface area contributed by atoms with Crippen LogP contribution in [0.1, 0.15) is 25.0 Å². The van der Waals surface area contributed by atoms with Crippen LogP contribution in [0.15, 0.2) is 47.4 Å². The van der Waals surface area contributed by atoms with Crippen LogP contribution in [0.2, 0.25) is 5.02 Å². The number of amides is 3. The number of nitrogens with zero attached hydrogens (tertiary/aromatic N) is 1. The third kappa shape index (κ3) is 5.43. The molecule has 30 heavy (non-hydrogen) atoms. The summed E-state index contributed by atoms with van der Waals surface area (Å²) in [6.45, 7) is 5.39. The van der Waals surface area contributed by atoms with E-state index in [4.69, 9.17) is 16.3 Å². The number of anilines is 1. The molecule has 0 atom stereocenters. The molecule has 0 aliphatic carbocycles. The highest BCUT2D eigenvalue weighted by atomic mass is 35.5. The highest BCUT2D eigenvalue weighted by Gasteiger charge is 2.36. The number of carbonyl (C=O) groups is 3. The fourth-order valence-corrected chi connectivity index (χ4v) is 3.80. The average molecular weight is 445 g/mol. The van der Waals surface area contributed by atoms with Crippen LogP contribution < -0.4 is 10.1 Å². The predicted octanol–water partition coefficient (Wildman–Crippen LogP) is 5.11. The summed E-state index contributed by atoms with van der Waals surface area (Å²) in [4.78, 5) is 38.3. The van der Waals surface area contributed by atoms with Crippen LogP contribution in [-0.2, 0) is 9.59 Å². The van der Waals surface area contributed by atoms with Crippen molar-refractivity contribution in [2.45, 2.75) is 26.9 Å². The van der Waals surface area contributed by atoms with Crippen molar-refractivity contribution in [3.8, 4) is 5.75 Å². The van der Waals surface area contributed by atoms with E-state index in [9.17, 15) is 14.4 Å². The molecule has 156 valence electrons. The summed E-state index contributed by atoms with van der Waals surface area (Å²) in [6.07, 6.45) is 1.56. The predicted molar refractivity (Wildman–Crippen MR) is 120 cm³/mol. The van der Waals surface area contributed by atoms with Gasteiger partial charge in [-0.2, -0.15) is 0 Å². The van der Waals surface area contributed by atoms with E-state index in [1.165, 1.54) is 0 Å². The molecule has 1 aliphatic rings. The van der Waals surface area contributed by atoms with E-state index < -0.39 is 17.1 Å². The van der Waals surface area contributed by atoms with Crippen molar-refractivity contribution in [3.63, 3.8) is 0 Å².